The Kier molecular flexibility index (Phi) is 3.60. The molecule has 2 heterocycles. The van der Waals surface area contributed by atoms with Gasteiger partial charge in [0.05, 0.1) is 13.1 Å². The summed E-state index contributed by atoms with van der Waals surface area (Å²) in [6.07, 6.45) is 0.384. The molecule has 0 atom stereocenters. The molecule has 86 valence electrons. The minimum absolute atomic E-state index is 0.0221. The van der Waals surface area contributed by atoms with Crippen molar-refractivity contribution in [3.8, 4) is 0 Å². The number of hydrogen-bond acceptors (Lipinski definition) is 3. The summed E-state index contributed by atoms with van der Waals surface area (Å²) in [6, 6.07) is 1.96. The van der Waals surface area contributed by atoms with E-state index in [0.717, 1.165) is 9.35 Å². The highest BCUT2D eigenvalue weighted by molar-refractivity contribution is 9.10. The normalized spacial score (nSPS) is 17.2. The number of rotatable bonds is 2. The first-order chi connectivity index (χ1) is 7.66. The van der Waals surface area contributed by atoms with Crippen molar-refractivity contribution in [2.45, 2.75) is 13.0 Å². The van der Waals surface area contributed by atoms with Gasteiger partial charge in [-0.2, -0.15) is 0 Å². The fourth-order valence-corrected chi connectivity index (χ4v) is 3.01. The van der Waals surface area contributed by atoms with Crippen LogP contribution in [0.25, 0.3) is 0 Å². The van der Waals surface area contributed by atoms with Gasteiger partial charge in [-0.1, -0.05) is 0 Å². The minimum atomic E-state index is -0.0545. The van der Waals surface area contributed by atoms with Crippen LogP contribution in [0, 0.1) is 0 Å². The number of thiophene rings is 1. The third-order valence-electron chi connectivity index (χ3n) is 2.42. The highest BCUT2D eigenvalue weighted by atomic mass is 79.9. The molecule has 2 rings (SSSR count). The van der Waals surface area contributed by atoms with Gasteiger partial charge in [-0.15, -0.1) is 11.3 Å². The van der Waals surface area contributed by atoms with Crippen molar-refractivity contribution in [3.63, 3.8) is 0 Å². The van der Waals surface area contributed by atoms with Crippen molar-refractivity contribution < 1.29 is 9.59 Å². The SMILES string of the molecule is O=C1CCN(Cc2sccc2Br)C(=O)CN1. The summed E-state index contributed by atoms with van der Waals surface area (Å²) in [5, 5.41) is 4.56. The van der Waals surface area contributed by atoms with Crippen molar-refractivity contribution in [3.05, 3.63) is 20.8 Å². The molecular weight excluding hydrogens is 292 g/mol. The van der Waals surface area contributed by atoms with Crippen molar-refractivity contribution in [2.75, 3.05) is 13.1 Å². The third kappa shape index (κ3) is 2.62. The van der Waals surface area contributed by atoms with E-state index in [1.807, 2.05) is 11.4 Å². The third-order valence-corrected chi connectivity index (χ3v) is 4.33. The molecule has 6 heteroatoms. The molecule has 0 aliphatic carbocycles. The van der Waals surface area contributed by atoms with E-state index in [2.05, 4.69) is 21.2 Å². The Labute approximate surface area is 106 Å². The molecule has 0 spiro atoms. The van der Waals surface area contributed by atoms with Gasteiger partial charge in [-0.3, -0.25) is 9.59 Å². The van der Waals surface area contributed by atoms with Gasteiger partial charge in [0.25, 0.3) is 0 Å². The van der Waals surface area contributed by atoms with Crippen LogP contribution >= 0.6 is 27.3 Å². The van der Waals surface area contributed by atoms with Crippen LogP contribution in [0.2, 0.25) is 0 Å². The van der Waals surface area contributed by atoms with Crippen LogP contribution < -0.4 is 5.32 Å². The van der Waals surface area contributed by atoms with Crippen molar-refractivity contribution in [2.24, 2.45) is 0 Å². The zero-order chi connectivity index (χ0) is 11.5. The fourth-order valence-electron chi connectivity index (χ4n) is 1.51. The Morgan fingerprint density at radius 2 is 2.31 bits per heavy atom. The van der Waals surface area contributed by atoms with E-state index in [4.69, 9.17) is 0 Å². The average Bonchev–Trinajstić information content (AvgIpc) is 2.59. The lowest BCUT2D eigenvalue weighted by Gasteiger charge is -2.18. The fraction of sp³-hybridized carbons (Fsp3) is 0.400. The second-order valence-electron chi connectivity index (χ2n) is 3.53. The van der Waals surface area contributed by atoms with Gasteiger partial charge in [-0.05, 0) is 27.4 Å². The van der Waals surface area contributed by atoms with Gasteiger partial charge in [-0.25, -0.2) is 0 Å². The van der Waals surface area contributed by atoms with Crippen LogP contribution in [-0.4, -0.2) is 29.8 Å². The van der Waals surface area contributed by atoms with Crippen LogP contribution in [0.15, 0.2) is 15.9 Å². The first-order valence-corrected chi connectivity index (χ1v) is 6.60. The number of amides is 2. The van der Waals surface area contributed by atoms with Crippen molar-refractivity contribution in [1.82, 2.24) is 10.2 Å². The number of hydrogen-bond donors (Lipinski definition) is 1. The van der Waals surface area contributed by atoms with Crippen LogP contribution in [-0.2, 0) is 16.1 Å². The standard InChI is InChI=1S/C10H11BrN2O2S/c11-7-2-4-16-8(7)6-13-3-1-9(14)12-5-10(13)15/h2,4H,1,3,5-6H2,(H,12,14). The Morgan fingerprint density at radius 3 is 3.00 bits per heavy atom. The van der Waals surface area contributed by atoms with Crippen LogP contribution in [0.1, 0.15) is 11.3 Å². The van der Waals surface area contributed by atoms with E-state index in [9.17, 15) is 9.59 Å². The predicted octanol–water partition coefficient (Wildman–Crippen LogP) is 1.36. The van der Waals surface area contributed by atoms with Gasteiger partial charge in [0.1, 0.15) is 0 Å². The van der Waals surface area contributed by atoms with Gasteiger partial charge < -0.3 is 10.2 Å². The van der Waals surface area contributed by atoms with Gasteiger partial charge in [0, 0.05) is 22.3 Å². The molecular formula is C10H11BrN2O2S. The minimum Gasteiger partial charge on any atom is -0.347 e. The number of halogens is 1. The number of nitrogens with zero attached hydrogens (tertiary/aromatic N) is 1. The number of nitrogens with one attached hydrogen (secondary N) is 1. The Bertz CT molecular complexity index is 419. The molecule has 1 fully saturated rings. The molecule has 0 bridgehead atoms. The zero-order valence-electron chi connectivity index (χ0n) is 8.53. The van der Waals surface area contributed by atoms with Gasteiger partial charge >= 0.3 is 0 Å². The molecule has 1 aliphatic rings. The molecule has 1 N–H and O–H groups in total. The zero-order valence-corrected chi connectivity index (χ0v) is 10.9. The summed E-state index contributed by atoms with van der Waals surface area (Å²) in [5.74, 6) is -0.0766. The van der Waals surface area contributed by atoms with Crippen LogP contribution in [0.4, 0.5) is 0 Å². The quantitative estimate of drug-likeness (QED) is 0.897. The van der Waals surface area contributed by atoms with E-state index < -0.39 is 0 Å². The smallest absolute Gasteiger partial charge is 0.242 e. The summed E-state index contributed by atoms with van der Waals surface area (Å²) >= 11 is 5.04. The summed E-state index contributed by atoms with van der Waals surface area (Å²) in [4.78, 5) is 25.7. The molecule has 0 saturated carbocycles. The maximum atomic E-state index is 11.7. The molecule has 1 saturated heterocycles. The van der Waals surface area contributed by atoms with E-state index in [0.29, 0.717) is 19.5 Å². The molecule has 0 aromatic carbocycles. The molecule has 2 amide bonds. The molecule has 0 radical (unpaired) electrons. The Hall–Kier alpha value is -0.880. The van der Waals surface area contributed by atoms with Gasteiger partial charge in [0.2, 0.25) is 11.8 Å². The van der Waals surface area contributed by atoms with E-state index in [1.54, 1.807) is 16.2 Å². The maximum absolute atomic E-state index is 11.7. The summed E-state index contributed by atoms with van der Waals surface area (Å²) in [5.41, 5.74) is 0. The van der Waals surface area contributed by atoms with Gasteiger partial charge in [0.15, 0.2) is 0 Å². The first-order valence-electron chi connectivity index (χ1n) is 4.93. The molecule has 16 heavy (non-hydrogen) atoms. The molecule has 1 aromatic heterocycles. The lowest BCUT2D eigenvalue weighted by atomic mass is 10.3. The van der Waals surface area contributed by atoms with E-state index in [1.165, 1.54) is 0 Å². The summed E-state index contributed by atoms with van der Waals surface area (Å²) in [7, 11) is 0. The molecule has 4 nitrogen and oxygen atoms in total. The van der Waals surface area contributed by atoms with Crippen LogP contribution in [0.5, 0.6) is 0 Å². The summed E-state index contributed by atoms with van der Waals surface area (Å²) < 4.78 is 1.02. The lowest BCUT2D eigenvalue weighted by molar-refractivity contribution is -0.130. The van der Waals surface area contributed by atoms with Crippen LogP contribution in [0.3, 0.4) is 0 Å². The lowest BCUT2D eigenvalue weighted by Crippen LogP contribution is -2.34. The highest BCUT2D eigenvalue weighted by Crippen LogP contribution is 2.24. The molecule has 1 aromatic rings. The predicted molar refractivity (Wildman–Crippen MR) is 65.1 cm³/mol. The summed E-state index contributed by atoms with van der Waals surface area (Å²) in [6.45, 7) is 1.18. The van der Waals surface area contributed by atoms with Crippen molar-refractivity contribution in [1.29, 1.82) is 0 Å². The second-order valence-corrected chi connectivity index (χ2v) is 5.39. The molecule has 1 aliphatic heterocycles. The maximum Gasteiger partial charge on any atom is 0.242 e. The number of carbonyl (C=O) groups excluding carboxylic acids is 2. The molecule has 0 unspecified atom stereocenters. The largest absolute Gasteiger partial charge is 0.347 e. The van der Waals surface area contributed by atoms with Crippen molar-refractivity contribution >= 4 is 39.1 Å². The first kappa shape index (κ1) is 11.6. The Morgan fingerprint density at radius 1 is 1.50 bits per heavy atom. The Balaban J connectivity index is 2.06. The van der Waals surface area contributed by atoms with E-state index >= 15 is 0 Å². The number of carbonyl (C=O) groups is 2. The second kappa shape index (κ2) is 4.97. The monoisotopic (exact) mass is 302 g/mol. The highest BCUT2D eigenvalue weighted by Gasteiger charge is 2.20. The topological polar surface area (TPSA) is 49.4 Å². The average molecular weight is 303 g/mol. The van der Waals surface area contributed by atoms with E-state index in [-0.39, 0.29) is 18.4 Å².